The van der Waals surface area contributed by atoms with Crippen LogP contribution in [-0.4, -0.2) is 25.1 Å². The molecule has 0 fully saturated rings. The Labute approximate surface area is 151 Å². The maximum atomic E-state index is 5.72. The van der Waals surface area contributed by atoms with E-state index in [0.717, 1.165) is 36.4 Å². The Morgan fingerprint density at radius 2 is 2.04 bits per heavy atom. The average molecular weight is 353 g/mol. The standard InChI is InChI=1S/C19H23N5O2/c1-10-21-22-17(25-10)14-12-6-7-13-18(2,3)16-11(9-20-26-16)8-19(13,4)15(12)23-24(14)5/h9,13H,6-8H2,1-5H3. The van der Waals surface area contributed by atoms with Crippen LogP contribution >= 0.6 is 0 Å². The van der Waals surface area contributed by atoms with Crippen molar-refractivity contribution in [3.05, 3.63) is 34.7 Å². The molecule has 0 bridgehead atoms. The van der Waals surface area contributed by atoms with Gasteiger partial charge in [-0.2, -0.15) is 5.10 Å². The summed E-state index contributed by atoms with van der Waals surface area (Å²) < 4.78 is 13.3. The van der Waals surface area contributed by atoms with Gasteiger partial charge in [0.1, 0.15) is 11.5 Å². The highest BCUT2D eigenvalue weighted by molar-refractivity contribution is 5.58. The molecule has 7 nitrogen and oxygen atoms in total. The van der Waals surface area contributed by atoms with Gasteiger partial charge in [-0.1, -0.05) is 25.9 Å². The second kappa shape index (κ2) is 4.84. The summed E-state index contributed by atoms with van der Waals surface area (Å²) in [4.78, 5) is 0. The third-order valence-electron chi connectivity index (χ3n) is 6.53. The molecule has 3 heterocycles. The lowest BCUT2D eigenvalue weighted by molar-refractivity contribution is 0.109. The first-order valence-corrected chi connectivity index (χ1v) is 9.13. The number of hydrogen-bond donors (Lipinski definition) is 0. The number of rotatable bonds is 1. The topological polar surface area (TPSA) is 82.8 Å². The normalized spacial score (nSPS) is 26.3. The molecule has 2 aliphatic rings. The van der Waals surface area contributed by atoms with Crippen molar-refractivity contribution in [1.82, 2.24) is 25.1 Å². The van der Waals surface area contributed by atoms with E-state index in [0.29, 0.717) is 17.7 Å². The zero-order valence-corrected chi connectivity index (χ0v) is 15.8. The lowest BCUT2D eigenvalue weighted by Gasteiger charge is -2.51. The van der Waals surface area contributed by atoms with E-state index in [1.807, 2.05) is 24.9 Å². The van der Waals surface area contributed by atoms with Gasteiger partial charge in [-0.05, 0) is 25.2 Å². The van der Waals surface area contributed by atoms with Crippen molar-refractivity contribution in [3.63, 3.8) is 0 Å². The van der Waals surface area contributed by atoms with Gasteiger partial charge in [0.05, 0.1) is 11.9 Å². The van der Waals surface area contributed by atoms with Gasteiger partial charge < -0.3 is 8.94 Å². The van der Waals surface area contributed by atoms with Gasteiger partial charge in [0.2, 0.25) is 5.89 Å². The fourth-order valence-corrected chi connectivity index (χ4v) is 5.53. The summed E-state index contributed by atoms with van der Waals surface area (Å²) in [5.74, 6) is 2.60. The van der Waals surface area contributed by atoms with Crippen LogP contribution in [0.4, 0.5) is 0 Å². The van der Waals surface area contributed by atoms with Crippen molar-refractivity contribution in [2.45, 2.75) is 57.8 Å². The first-order valence-electron chi connectivity index (χ1n) is 9.13. The summed E-state index contributed by atoms with van der Waals surface area (Å²) in [7, 11) is 1.96. The largest absolute Gasteiger partial charge is 0.420 e. The predicted molar refractivity (Wildman–Crippen MR) is 93.6 cm³/mol. The monoisotopic (exact) mass is 353 g/mol. The summed E-state index contributed by atoms with van der Waals surface area (Å²) in [6, 6.07) is 0. The van der Waals surface area contributed by atoms with Gasteiger partial charge in [0.25, 0.3) is 5.89 Å². The van der Waals surface area contributed by atoms with Crippen LogP contribution in [0.3, 0.4) is 0 Å². The molecule has 136 valence electrons. The van der Waals surface area contributed by atoms with Crippen molar-refractivity contribution in [3.8, 4) is 11.6 Å². The fourth-order valence-electron chi connectivity index (χ4n) is 5.53. The van der Waals surface area contributed by atoms with Gasteiger partial charge in [-0.15, -0.1) is 10.2 Å². The summed E-state index contributed by atoms with van der Waals surface area (Å²) in [5.41, 5.74) is 4.40. The smallest absolute Gasteiger partial charge is 0.266 e. The first-order chi connectivity index (χ1) is 12.3. The van der Waals surface area contributed by atoms with E-state index in [9.17, 15) is 0 Å². The molecule has 0 aliphatic heterocycles. The molecule has 0 aromatic carbocycles. The number of hydrogen-bond acceptors (Lipinski definition) is 6. The summed E-state index contributed by atoms with van der Waals surface area (Å²) in [5, 5.41) is 17.3. The third-order valence-corrected chi connectivity index (χ3v) is 6.53. The van der Waals surface area contributed by atoms with Crippen molar-refractivity contribution in [2.75, 3.05) is 0 Å². The van der Waals surface area contributed by atoms with Gasteiger partial charge in [0, 0.05) is 35.9 Å². The minimum atomic E-state index is -0.0741. The van der Waals surface area contributed by atoms with Crippen LogP contribution in [-0.2, 0) is 30.7 Å². The van der Waals surface area contributed by atoms with E-state index in [4.69, 9.17) is 14.0 Å². The minimum absolute atomic E-state index is 0.0687. The fraction of sp³-hybridized carbons (Fsp3) is 0.579. The molecule has 5 rings (SSSR count). The van der Waals surface area contributed by atoms with E-state index < -0.39 is 0 Å². The average Bonchev–Trinajstić information content (AvgIpc) is 3.26. The molecule has 2 unspecified atom stereocenters. The molecule has 3 aromatic heterocycles. The zero-order valence-electron chi connectivity index (χ0n) is 15.8. The van der Waals surface area contributed by atoms with E-state index in [1.165, 1.54) is 11.1 Å². The van der Waals surface area contributed by atoms with Crippen LogP contribution in [0.25, 0.3) is 11.6 Å². The molecule has 3 aromatic rings. The van der Waals surface area contributed by atoms with E-state index in [-0.39, 0.29) is 10.8 Å². The molecule has 2 aliphatic carbocycles. The van der Waals surface area contributed by atoms with Gasteiger partial charge >= 0.3 is 0 Å². The maximum absolute atomic E-state index is 5.72. The van der Waals surface area contributed by atoms with Crippen LogP contribution in [0.1, 0.15) is 55.7 Å². The Morgan fingerprint density at radius 1 is 1.23 bits per heavy atom. The van der Waals surface area contributed by atoms with Gasteiger partial charge in [-0.3, -0.25) is 4.68 Å². The zero-order chi connectivity index (χ0) is 18.3. The number of aromatic nitrogens is 5. The van der Waals surface area contributed by atoms with E-state index in [1.54, 1.807) is 0 Å². The van der Waals surface area contributed by atoms with Crippen molar-refractivity contribution in [2.24, 2.45) is 13.0 Å². The van der Waals surface area contributed by atoms with Gasteiger partial charge in [-0.25, -0.2) is 0 Å². The summed E-state index contributed by atoms with van der Waals surface area (Å²) in [6.07, 6.45) is 4.79. The molecular weight excluding hydrogens is 330 g/mol. The minimum Gasteiger partial charge on any atom is -0.420 e. The number of fused-ring (bicyclic) bond motifs is 4. The first kappa shape index (κ1) is 15.8. The molecule has 0 amide bonds. The van der Waals surface area contributed by atoms with Crippen molar-refractivity contribution >= 4 is 0 Å². The SMILES string of the molecule is Cc1nnc(-c2c3c(nn2C)C2(C)Cc4cnoc4C(C)(C)C2CC3)o1. The Kier molecular flexibility index (Phi) is 2.94. The van der Waals surface area contributed by atoms with Gasteiger partial charge in [0.15, 0.2) is 0 Å². The van der Waals surface area contributed by atoms with Crippen LogP contribution < -0.4 is 0 Å². The molecular formula is C19H23N5O2. The van der Waals surface area contributed by atoms with Crippen molar-refractivity contribution in [1.29, 1.82) is 0 Å². The Balaban J connectivity index is 1.71. The second-order valence-electron chi connectivity index (χ2n) is 8.51. The summed E-state index contributed by atoms with van der Waals surface area (Å²) in [6.45, 7) is 8.70. The maximum Gasteiger partial charge on any atom is 0.266 e. The highest BCUT2D eigenvalue weighted by Crippen LogP contribution is 2.56. The lowest BCUT2D eigenvalue weighted by Crippen LogP contribution is -2.51. The lowest BCUT2D eigenvalue weighted by atomic mass is 9.51. The molecule has 26 heavy (non-hydrogen) atoms. The second-order valence-corrected chi connectivity index (χ2v) is 8.51. The molecule has 0 spiro atoms. The number of aryl methyl sites for hydroxylation is 2. The summed E-state index contributed by atoms with van der Waals surface area (Å²) >= 11 is 0. The van der Waals surface area contributed by atoms with Crippen LogP contribution in [0.2, 0.25) is 0 Å². The quantitative estimate of drug-likeness (QED) is 0.668. The van der Waals surface area contributed by atoms with E-state index >= 15 is 0 Å². The molecule has 0 saturated heterocycles. The van der Waals surface area contributed by atoms with Crippen LogP contribution in [0.5, 0.6) is 0 Å². The third kappa shape index (κ3) is 1.83. The Hall–Kier alpha value is -2.44. The van der Waals surface area contributed by atoms with E-state index in [2.05, 4.69) is 36.1 Å². The van der Waals surface area contributed by atoms with Crippen LogP contribution in [0.15, 0.2) is 15.1 Å². The van der Waals surface area contributed by atoms with Crippen molar-refractivity contribution < 1.29 is 8.94 Å². The number of nitrogens with zero attached hydrogens (tertiary/aromatic N) is 5. The molecule has 0 saturated carbocycles. The highest BCUT2D eigenvalue weighted by atomic mass is 16.5. The molecule has 0 N–H and O–H groups in total. The molecule has 7 heteroatoms. The highest BCUT2D eigenvalue weighted by Gasteiger charge is 2.56. The predicted octanol–water partition coefficient (Wildman–Crippen LogP) is 3.12. The van der Waals surface area contributed by atoms with Crippen LogP contribution in [0, 0.1) is 12.8 Å². The Bertz CT molecular complexity index is 1010. The molecule has 2 atom stereocenters. The Morgan fingerprint density at radius 3 is 2.77 bits per heavy atom. The molecule has 0 radical (unpaired) electrons.